The fraction of sp³-hybridized carbons (Fsp3) is 0.385. The van der Waals surface area contributed by atoms with Gasteiger partial charge < -0.3 is 10.5 Å². The van der Waals surface area contributed by atoms with Gasteiger partial charge in [-0.3, -0.25) is 9.98 Å². The molecule has 0 bridgehead atoms. The molecule has 18 heavy (non-hydrogen) atoms. The molecule has 0 aliphatic rings. The van der Waals surface area contributed by atoms with Gasteiger partial charge in [-0.25, -0.2) is 0 Å². The number of methoxy groups -OCH3 is 1. The number of hydrogen-bond acceptors (Lipinski definition) is 5. The Balaban J connectivity index is 3.00. The number of ether oxygens (including phenoxy) is 1. The number of rotatable bonds is 4. The minimum atomic E-state index is -0.618. The van der Waals surface area contributed by atoms with E-state index in [2.05, 4.69) is 9.98 Å². The van der Waals surface area contributed by atoms with Crippen LogP contribution in [0.3, 0.4) is 0 Å². The minimum Gasteiger partial charge on any atom is -0.399 e. The summed E-state index contributed by atoms with van der Waals surface area (Å²) in [5, 5.41) is 0.867. The van der Waals surface area contributed by atoms with E-state index in [0.717, 1.165) is 10.6 Å². The lowest BCUT2D eigenvalue weighted by atomic mass is 10.3. The largest absolute Gasteiger partial charge is 0.399 e. The zero-order valence-electron chi connectivity index (χ0n) is 11.2. The van der Waals surface area contributed by atoms with E-state index in [0.29, 0.717) is 5.70 Å². The maximum atomic E-state index is 5.99. The molecule has 1 heterocycles. The van der Waals surface area contributed by atoms with Crippen LogP contribution >= 0.6 is 11.8 Å². The van der Waals surface area contributed by atoms with Crippen LogP contribution in [-0.4, -0.2) is 29.1 Å². The Labute approximate surface area is 112 Å². The van der Waals surface area contributed by atoms with Crippen LogP contribution in [0.15, 0.2) is 41.3 Å². The number of allylic oxidation sites excluding steroid dienone is 1. The van der Waals surface area contributed by atoms with Gasteiger partial charge in [0.15, 0.2) is 4.93 Å². The van der Waals surface area contributed by atoms with E-state index < -0.39 is 4.93 Å². The molecule has 0 fully saturated rings. The minimum absolute atomic E-state index is 0.618. The molecular weight excluding hydrogens is 246 g/mol. The maximum absolute atomic E-state index is 5.99. The average molecular weight is 265 g/mol. The summed E-state index contributed by atoms with van der Waals surface area (Å²) in [5.41, 5.74) is 7.67. The Morgan fingerprint density at radius 2 is 2.11 bits per heavy atom. The van der Waals surface area contributed by atoms with Gasteiger partial charge in [0, 0.05) is 37.8 Å². The Hall–Kier alpha value is -1.33. The second kappa shape index (κ2) is 6.56. The predicted octanol–water partition coefficient (Wildman–Crippen LogP) is 2.42. The number of hydrogen-bond donors (Lipinski definition) is 1. The van der Waals surface area contributed by atoms with Crippen LogP contribution in [0.4, 0.5) is 0 Å². The lowest BCUT2D eigenvalue weighted by molar-refractivity contribution is 0.117. The first-order chi connectivity index (χ1) is 8.57. The lowest BCUT2D eigenvalue weighted by Gasteiger charge is -2.28. The van der Waals surface area contributed by atoms with Gasteiger partial charge >= 0.3 is 0 Å². The number of aromatic nitrogens is 1. The van der Waals surface area contributed by atoms with Gasteiger partial charge in [0.2, 0.25) is 0 Å². The van der Waals surface area contributed by atoms with E-state index in [-0.39, 0.29) is 0 Å². The Bertz CT molecular complexity index is 445. The highest BCUT2D eigenvalue weighted by atomic mass is 32.2. The van der Waals surface area contributed by atoms with Crippen LogP contribution in [0.2, 0.25) is 0 Å². The molecule has 98 valence electrons. The highest BCUT2D eigenvalue weighted by Crippen LogP contribution is 2.33. The normalized spacial score (nSPS) is 16.4. The van der Waals surface area contributed by atoms with Crippen LogP contribution in [0.25, 0.3) is 0 Å². The Morgan fingerprint density at radius 1 is 1.50 bits per heavy atom. The number of nitrogens with two attached hydrogens (primary N) is 1. The summed E-state index contributed by atoms with van der Waals surface area (Å²) < 4.78 is 5.52. The van der Waals surface area contributed by atoms with Crippen LogP contribution in [0, 0.1) is 0 Å². The summed E-state index contributed by atoms with van der Waals surface area (Å²) in [5.74, 6) is 0. The molecule has 1 rings (SSSR count). The Morgan fingerprint density at radius 3 is 2.56 bits per heavy atom. The van der Waals surface area contributed by atoms with E-state index in [1.54, 1.807) is 26.6 Å². The van der Waals surface area contributed by atoms with Crippen molar-refractivity contribution in [2.24, 2.45) is 10.7 Å². The van der Waals surface area contributed by atoms with Crippen LogP contribution < -0.4 is 5.73 Å². The molecule has 1 unspecified atom stereocenters. The molecule has 0 saturated heterocycles. The SMILES string of the molecule is C/C=C(/N)C(C)(OC)S/C(=N\C)c1ccncc1. The van der Waals surface area contributed by atoms with E-state index in [4.69, 9.17) is 10.5 Å². The first kappa shape index (κ1) is 14.7. The molecular formula is C13H19N3OS. The third kappa shape index (κ3) is 3.34. The fourth-order valence-corrected chi connectivity index (χ4v) is 2.43. The quantitative estimate of drug-likeness (QED) is 0.516. The predicted molar refractivity (Wildman–Crippen MR) is 77.6 cm³/mol. The number of nitrogens with zero attached hydrogens (tertiary/aromatic N) is 2. The first-order valence-electron chi connectivity index (χ1n) is 5.61. The first-order valence-corrected chi connectivity index (χ1v) is 6.42. The van der Waals surface area contributed by atoms with Gasteiger partial charge in [0.05, 0.1) is 0 Å². The summed E-state index contributed by atoms with van der Waals surface area (Å²) in [7, 11) is 3.40. The van der Waals surface area contributed by atoms with Crippen molar-refractivity contribution >= 4 is 16.8 Å². The van der Waals surface area contributed by atoms with Gasteiger partial charge in [-0.1, -0.05) is 17.8 Å². The Kier molecular flexibility index (Phi) is 5.37. The molecule has 0 saturated carbocycles. The van der Waals surface area contributed by atoms with E-state index in [9.17, 15) is 0 Å². The highest BCUT2D eigenvalue weighted by Gasteiger charge is 2.30. The molecule has 5 heteroatoms. The molecule has 1 atom stereocenters. The molecule has 0 aliphatic carbocycles. The standard InChI is InChI=1S/C13H19N3OS/c1-5-11(14)13(2,17-4)18-12(15-3)10-6-8-16-9-7-10/h5-9H,14H2,1-4H3/b11-5+,15-12-. The summed E-state index contributed by atoms with van der Waals surface area (Å²) in [4.78, 5) is 7.68. The van der Waals surface area contributed by atoms with Crippen molar-refractivity contribution in [2.45, 2.75) is 18.8 Å². The van der Waals surface area contributed by atoms with Crippen LogP contribution in [0.5, 0.6) is 0 Å². The van der Waals surface area contributed by atoms with Crippen molar-refractivity contribution in [3.05, 3.63) is 41.9 Å². The van der Waals surface area contributed by atoms with Crippen molar-refractivity contribution in [2.75, 3.05) is 14.2 Å². The van der Waals surface area contributed by atoms with Gasteiger partial charge in [-0.2, -0.15) is 0 Å². The maximum Gasteiger partial charge on any atom is 0.155 e. The van der Waals surface area contributed by atoms with E-state index >= 15 is 0 Å². The zero-order valence-corrected chi connectivity index (χ0v) is 12.0. The molecule has 2 N–H and O–H groups in total. The molecule has 0 aliphatic heterocycles. The number of pyridine rings is 1. The molecule has 0 radical (unpaired) electrons. The van der Waals surface area contributed by atoms with Crippen molar-refractivity contribution < 1.29 is 4.74 Å². The third-order valence-corrected chi connectivity index (χ3v) is 4.05. The lowest BCUT2D eigenvalue weighted by Crippen LogP contribution is -2.32. The van der Waals surface area contributed by atoms with Gasteiger partial charge in [-0.05, 0) is 26.0 Å². The summed E-state index contributed by atoms with van der Waals surface area (Å²) in [6, 6.07) is 3.83. The van der Waals surface area contributed by atoms with E-state index in [1.807, 2.05) is 32.1 Å². The van der Waals surface area contributed by atoms with Gasteiger partial charge in [0.25, 0.3) is 0 Å². The number of aliphatic imine (C=N–C) groups is 1. The molecule has 4 nitrogen and oxygen atoms in total. The molecule has 0 spiro atoms. The van der Waals surface area contributed by atoms with Gasteiger partial charge in [0.1, 0.15) is 5.04 Å². The fourth-order valence-electron chi connectivity index (χ4n) is 1.39. The highest BCUT2D eigenvalue weighted by molar-refractivity contribution is 8.15. The average Bonchev–Trinajstić information content (AvgIpc) is 2.44. The molecule has 1 aromatic heterocycles. The van der Waals surface area contributed by atoms with Crippen LogP contribution in [-0.2, 0) is 4.74 Å². The molecule has 1 aromatic rings. The van der Waals surface area contributed by atoms with Crippen molar-refractivity contribution in [3.63, 3.8) is 0 Å². The third-order valence-electron chi connectivity index (χ3n) is 2.65. The summed E-state index contributed by atoms with van der Waals surface area (Å²) in [6.45, 7) is 3.82. The second-order valence-electron chi connectivity index (χ2n) is 3.76. The van der Waals surface area contributed by atoms with Crippen molar-refractivity contribution in [1.82, 2.24) is 4.98 Å². The van der Waals surface area contributed by atoms with Gasteiger partial charge in [-0.15, -0.1) is 0 Å². The van der Waals surface area contributed by atoms with E-state index in [1.165, 1.54) is 11.8 Å². The topological polar surface area (TPSA) is 60.5 Å². The second-order valence-corrected chi connectivity index (χ2v) is 5.13. The zero-order chi connectivity index (χ0) is 13.6. The molecule has 0 amide bonds. The monoisotopic (exact) mass is 265 g/mol. The van der Waals surface area contributed by atoms with Crippen molar-refractivity contribution in [1.29, 1.82) is 0 Å². The number of thioether (sulfide) groups is 1. The molecule has 0 aromatic carbocycles. The van der Waals surface area contributed by atoms with Crippen molar-refractivity contribution in [3.8, 4) is 0 Å². The summed E-state index contributed by atoms with van der Waals surface area (Å²) >= 11 is 1.48. The smallest absolute Gasteiger partial charge is 0.155 e. The summed E-state index contributed by atoms with van der Waals surface area (Å²) in [6.07, 6.45) is 5.32. The van der Waals surface area contributed by atoms with Crippen LogP contribution in [0.1, 0.15) is 19.4 Å².